The lowest BCUT2D eigenvalue weighted by molar-refractivity contribution is 0.0783. The summed E-state index contributed by atoms with van der Waals surface area (Å²) in [6, 6.07) is 8.81. The topological polar surface area (TPSA) is 21.3 Å². The van der Waals surface area contributed by atoms with Crippen molar-refractivity contribution in [2.45, 2.75) is 39.2 Å². The molecule has 2 rings (SSSR count). The van der Waals surface area contributed by atoms with Crippen molar-refractivity contribution in [2.75, 3.05) is 19.7 Å². The van der Waals surface area contributed by atoms with Crippen molar-refractivity contribution in [1.82, 2.24) is 5.32 Å². The van der Waals surface area contributed by atoms with Crippen molar-refractivity contribution in [3.63, 3.8) is 0 Å². The Balaban J connectivity index is 1.72. The van der Waals surface area contributed by atoms with Gasteiger partial charge >= 0.3 is 0 Å². The first kappa shape index (κ1) is 13.6. The van der Waals surface area contributed by atoms with Crippen LogP contribution in [0.25, 0.3) is 0 Å². The Morgan fingerprint density at radius 2 is 2.06 bits per heavy atom. The molecule has 0 aliphatic carbocycles. The predicted molar refractivity (Wildman–Crippen MR) is 75.8 cm³/mol. The average molecular weight is 247 g/mol. The lowest BCUT2D eigenvalue weighted by atomic mass is 10.0. The summed E-state index contributed by atoms with van der Waals surface area (Å²) in [6.07, 6.45) is 2.59. The molecule has 2 heteroatoms. The summed E-state index contributed by atoms with van der Waals surface area (Å²) in [7, 11) is 0. The summed E-state index contributed by atoms with van der Waals surface area (Å²) >= 11 is 0. The maximum Gasteiger partial charge on any atom is 0.0717 e. The van der Waals surface area contributed by atoms with E-state index in [-0.39, 0.29) is 0 Å². The van der Waals surface area contributed by atoms with Crippen LogP contribution in [0.2, 0.25) is 0 Å². The molecule has 2 nitrogen and oxygen atoms in total. The van der Waals surface area contributed by atoms with Crippen LogP contribution >= 0.6 is 0 Å². The van der Waals surface area contributed by atoms with Crippen LogP contribution in [-0.4, -0.2) is 19.7 Å². The fourth-order valence-electron chi connectivity index (χ4n) is 2.41. The van der Waals surface area contributed by atoms with Crippen molar-refractivity contribution in [3.8, 4) is 0 Å². The second-order valence-corrected chi connectivity index (χ2v) is 5.62. The Kier molecular flexibility index (Phi) is 5.21. The first-order valence-electron chi connectivity index (χ1n) is 7.13. The molecule has 1 heterocycles. The van der Waals surface area contributed by atoms with E-state index in [0.717, 1.165) is 19.8 Å². The lowest BCUT2D eigenvalue weighted by Gasteiger charge is -2.22. The molecule has 1 atom stereocenters. The van der Waals surface area contributed by atoms with Gasteiger partial charge in [0.15, 0.2) is 0 Å². The largest absolute Gasteiger partial charge is 0.376 e. The molecule has 0 aromatic heterocycles. The van der Waals surface area contributed by atoms with Gasteiger partial charge in [0.05, 0.1) is 13.2 Å². The van der Waals surface area contributed by atoms with Crippen LogP contribution < -0.4 is 5.32 Å². The van der Waals surface area contributed by atoms with Gasteiger partial charge in [0.25, 0.3) is 0 Å². The third kappa shape index (κ3) is 4.11. The fraction of sp³-hybridized carbons (Fsp3) is 0.625. The van der Waals surface area contributed by atoms with Crippen LogP contribution in [0.4, 0.5) is 0 Å². The van der Waals surface area contributed by atoms with Crippen molar-refractivity contribution < 1.29 is 4.74 Å². The highest BCUT2D eigenvalue weighted by atomic mass is 16.5. The number of nitrogens with one attached hydrogen (secondary N) is 1. The third-order valence-electron chi connectivity index (χ3n) is 3.67. The Morgan fingerprint density at radius 1 is 1.28 bits per heavy atom. The smallest absolute Gasteiger partial charge is 0.0717 e. The highest BCUT2D eigenvalue weighted by Gasteiger charge is 2.12. The van der Waals surface area contributed by atoms with Gasteiger partial charge in [-0.05, 0) is 42.3 Å². The number of benzene rings is 1. The first-order valence-corrected chi connectivity index (χ1v) is 7.13. The van der Waals surface area contributed by atoms with E-state index in [4.69, 9.17) is 4.74 Å². The maximum atomic E-state index is 5.82. The van der Waals surface area contributed by atoms with Crippen LogP contribution in [0.5, 0.6) is 0 Å². The van der Waals surface area contributed by atoms with Crippen molar-refractivity contribution in [1.29, 1.82) is 0 Å². The van der Waals surface area contributed by atoms with Gasteiger partial charge in [-0.3, -0.25) is 0 Å². The molecular weight excluding hydrogens is 222 g/mol. The summed E-state index contributed by atoms with van der Waals surface area (Å²) in [6.45, 7) is 8.37. The minimum Gasteiger partial charge on any atom is -0.376 e. The van der Waals surface area contributed by atoms with E-state index >= 15 is 0 Å². The van der Waals surface area contributed by atoms with Gasteiger partial charge in [-0.25, -0.2) is 0 Å². The van der Waals surface area contributed by atoms with E-state index in [9.17, 15) is 0 Å². The molecule has 1 aliphatic rings. The molecule has 100 valence electrons. The molecule has 1 aromatic rings. The van der Waals surface area contributed by atoms with Crippen molar-refractivity contribution >= 4 is 0 Å². The monoisotopic (exact) mass is 247 g/mol. The van der Waals surface area contributed by atoms with Gasteiger partial charge in [0.2, 0.25) is 0 Å². The SMILES string of the molecule is CC(C)c1ccc(COC[C@H]2CCCNC2)cc1. The zero-order valence-electron chi connectivity index (χ0n) is 11.6. The van der Waals surface area contributed by atoms with Gasteiger partial charge in [-0.2, -0.15) is 0 Å². The zero-order valence-corrected chi connectivity index (χ0v) is 11.6. The number of rotatable bonds is 5. The molecule has 0 spiro atoms. The minimum absolute atomic E-state index is 0.605. The summed E-state index contributed by atoms with van der Waals surface area (Å²) in [5.41, 5.74) is 2.68. The summed E-state index contributed by atoms with van der Waals surface area (Å²) < 4.78 is 5.82. The lowest BCUT2D eigenvalue weighted by Crippen LogP contribution is -2.32. The molecule has 1 aliphatic heterocycles. The Bertz CT molecular complexity index is 339. The van der Waals surface area contributed by atoms with E-state index in [1.165, 1.54) is 30.5 Å². The third-order valence-corrected chi connectivity index (χ3v) is 3.67. The van der Waals surface area contributed by atoms with Gasteiger partial charge < -0.3 is 10.1 Å². The average Bonchev–Trinajstić information content (AvgIpc) is 2.40. The number of piperidine rings is 1. The predicted octanol–water partition coefficient (Wildman–Crippen LogP) is 3.33. The number of ether oxygens (including phenoxy) is 1. The van der Waals surface area contributed by atoms with E-state index in [1.54, 1.807) is 0 Å². The molecule has 18 heavy (non-hydrogen) atoms. The van der Waals surface area contributed by atoms with Gasteiger partial charge in [-0.1, -0.05) is 38.1 Å². The molecule has 1 aromatic carbocycles. The van der Waals surface area contributed by atoms with Crippen LogP contribution in [-0.2, 0) is 11.3 Å². The molecule has 1 fully saturated rings. The Morgan fingerprint density at radius 3 is 2.67 bits per heavy atom. The van der Waals surface area contributed by atoms with E-state index < -0.39 is 0 Å². The normalized spacial score (nSPS) is 20.3. The molecule has 0 radical (unpaired) electrons. The molecular formula is C16H25NO. The summed E-state index contributed by atoms with van der Waals surface area (Å²) in [5.74, 6) is 1.31. The zero-order chi connectivity index (χ0) is 12.8. The Labute approximate surface area is 111 Å². The minimum atomic E-state index is 0.605. The van der Waals surface area contributed by atoms with E-state index in [0.29, 0.717) is 11.8 Å². The summed E-state index contributed by atoms with van der Waals surface area (Å²) in [5, 5.41) is 3.42. The summed E-state index contributed by atoms with van der Waals surface area (Å²) in [4.78, 5) is 0. The molecule has 0 saturated carbocycles. The molecule has 0 bridgehead atoms. The number of hydrogen-bond donors (Lipinski definition) is 1. The fourth-order valence-corrected chi connectivity index (χ4v) is 2.41. The molecule has 0 amide bonds. The van der Waals surface area contributed by atoms with Gasteiger partial charge in [-0.15, -0.1) is 0 Å². The highest BCUT2D eigenvalue weighted by molar-refractivity contribution is 5.24. The van der Waals surface area contributed by atoms with Gasteiger partial charge in [0.1, 0.15) is 0 Å². The highest BCUT2D eigenvalue weighted by Crippen LogP contribution is 2.16. The second kappa shape index (κ2) is 6.91. The second-order valence-electron chi connectivity index (χ2n) is 5.62. The van der Waals surface area contributed by atoms with Crippen molar-refractivity contribution in [2.24, 2.45) is 5.92 Å². The molecule has 1 saturated heterocycles. The Hall–Kier alpha value is -0.860. The van der Waals surface area contributed by atoms with Crippen molar-refractivity contribution in [3.05, 3.63) is 35.4 Å². The van der Waals surface area contributed by atoms with Crippen LogP contribution in [0, 0.1) is 5.92 Å². The van der Waals surface area contributed by atoms with Gasteiger partial charge in [0, 0.05) is 6.54 Å². The number of hydrogen-bond acceptors (Lipinski definition) is 2. The van der Waals surface area contributed by atoms with Crippen LogP contribution in [0.3, 0.4) is 0 Å². The standard InChI is InChI=1S/C16H25NO/c1-13(2)16-7-5-14(6-8-16)11-18-12-15-4-3-9-17-10-15/h5-8,13,15,17H,3-4,9-12H2,1-2H3/t15-/m0/s1. The molecule has 1 N–H and O–H groups in total. The maximum absolute atomic E-state index is 5.82. The first-order chi connectivity index (χ1) is 8.75. The van der Waals surface area contributed by atoms with E-state index in [2.05, 4.69) is 43.4 Å². The quantitative estimate of drug-likeness (QED) is 0.861. The molecule has 0 unspecified atom stereocenters. The van der Waals surface area contributed by atoms with Crippen LogP contribution in [0.1, 0.15) is 43.7 Å². The van der Waals surface area contributed by atoms with Crippen LogP contribution in [0.15, 0.2) is 24.3 Å². The van der Waals surface area contributed by atoms with E-state index in [1.807, 2.05) is 0 Å².